The van der Waals surface area contributed by atoms with Gasteiger partial charge in [-0.05, 0) is 50.3 Å². The molecule has 0 atom stereocenters. The minimum Gasteiger partial charge on any atom is -0.371 e. The fourth-order valence-corrected chi connectivity index (χ4v) is 4.31. The molecule has 5 nitrogen and oxygen atoms in total. The topological polar surface area (TPSA) is 50.6 Å². The van der Waals surface area contributed by atoms with Crippen LogP contribution < -0.4 is 0 Å². The van der Waals surface area contributed by atoms with Crippen LogP contribution in [0.4, 0.5) is 4.39 Å². The Hall–Kier alpha value is -3.15. The van der Waals surface area contributed by atoms with E-state index in [4.69, 9.17) is 5.41 Å². The number of hydrogen-bond acceptors (Lipinski definition) is 3. The number of rotatable bonds is 10. The molecule has 1 aliphatic rings. The summed E-state index contributed by atoms with van der Waals surface area (Å²) in [6.07, 6.45) is 8.09. The van der Waals surface area contributed by atoms with Crippen molar-refractivity contribution in [1.82, 2.24) is 14.7 Å². The number of carbonyl (C=O) groups excluding carboxylic acids is 1. The number of benzene rings is 1. The zero-order valence-corrected chi connectivity index (χ0v) is 21.2. The van der Waals surface area contributed by atoms with Gasteiger partial charge in [-0.3, -0.25) is 10.2 Å². The van der Waals surface area contributed by atoms with Crippen LogP contribution in [0.1, 0.15) is 50.3 Å². The van der Waals surface area contributed by atoms with Crippen LogP contribution in [0.3, 0.4) is 0 Å². The van der Waals surface area contributed by atoms with Gasteiger partial charge in [0.15, 0.2) is 5.83 Å². The Kier molecular flexibility index (Phi) is 10.3. The first-order valence-corrected chi connectivity index (χ1v) is 12.1. The number of piperazine rings is 1. The summed E-state index contributed by atoms with van der Waals surface area (Å²) >= 11 is 0. The average Bonchev–Trinajstić information content (AvgIpc) is 2.83. The molecule has 1 saturated heterocycles. The summed E-state index contributed by atoms with van der Waals surface area (Å²) in [6, 6.07) is 6.39. The number of allylic oxidation sites excluding steroid dienone is 2. The second kappa shape index (κ2) is 12.9. The molecule has 1 aromatic carbocycles. The van der Waals surface area contributed by atoms with Crippen LogP contribution in [-0.2, 0) is 4.79 Å². The van der Waals surface area contributed by atoms with E-state index < -0.39 is 11.7 Å². The predicted molar refractivity (Wildman–Crippen MR) is 141 cm³/mol. The van der Waals surface area contributed by atoms with Gasteiger partial charge in [-0.25, -0.2) is 4.39 Å². The largest absolute Gasteiger partial charge is 0.371 e. The summed E-state index contributed by atoms with van der Waals surface area (Å²) < 4.78 is 13.1. The van der Waals surface area contributed by atoms with Crippen LogP contribution in [-0.4, -0.2) is 65.7 Å². The molecule has 0 spiro atoms. The first-order valence-electron chi connectivity index (χ1n) is 12.1. The van der Waals surface area contributed by atoms with Crippen molar-refractivity contribution in [3.05, 3.63) is 71.6 Å². The second-order valence-electron chi connectivity index (χ2n) is 8.50. The van der Waals surface area contributed by atoms with Crippen LogP contribution in [0.5, 0.6) is 0 Å². The van der Waals surface area contributed by atoms with Crippen molar-refractivity contribution >= 4 is 23.5 Å². The number of aryl methyl sites for hydroxylation is 1. The van der Waals surface area contributed by atoms with Crippen molar-refractivity contribution in [2.24, 2.45) is 0 Å². The quantitative estimate of drug-likeness (QED) is 0.275. The van der Waals surface area contributed by atoms with E-state index in [1.165, 1.54) is 27.3 Å². The Bertz CT molecular complexity index is 971. The zero-order valence-electron chi connectivity index (χ0n) is 21.2. The fourth-order valence-electron chi connectivity index (χ4n) is 4.31. The lowest BCUT2D eigenvalue weighted by Crippen LogP contribution is -2.50. The second-order valence-corrected chi connectivity index (χ2v) is 8.50. The Morgan fingerprint density at radius 3 is 2.38 bits per heavy atom. The van der Waals surface area contributed by atoms with Crippen LogP contribution in [0, 0.1) is 12.3 Å². The third kappa shape index (κ3) is 6.69. The molecule has 34 heavy (non-hydrogen) atoms. The smallest absolute Gasteiger partial charge is 0.282 e. The number of hydrogen-bond donors (Lipinski definition) is 1. The van der Waals surface area contributed by atoms with Crippen LogP contribution in [0.2, 0.25) is 0 Å². The molecule has 1 aliphatic heterocycles. The van der Waals surface area contributed by atoms with Crippen LogP contribution >= 0.6 is 0 Å². The predicted octanol–water partition coefficient (Wildman–Crippen LogP) is 5.65. The summed E-state index contributed by atoms with van der Waals surface area (Å²) in [7, 11) is 0. The third-order valence-corrected chi connectivity index (χ3v) is 6.16. The van der Waals surface area contributed by atoms with Crippen molar-refractivity contribution in [2.75, 3.05) is 39.3 Å². The summed E-state index contributed by atoms with van der Waals surface area (Å²) in [4.78, 5) is 17.5. The zero-order chi connectivity index (χ0) is 25.3. The van der Waals surface area contributed by atoms with E-state index in [0.29, 0.717) is 38.4 Å². The summed E-state index contributed by atoms with van der Waals surface area (Å²) in [5, 5.41) is 8.61. The maximum absolute atomic E-state index is 13.1. The van der Waals surface area contributed by atoms with Crippen LogP contribution in [0.25, 0.3) is 11.8 Å². The SMILES string of the molecule is C=C(F)C(=O)N1CCN(C(=N)C(=C)CCN(CC)C(=CCC)c2c(C)cccc2/C=C\C)CC1. The van der Waals surface area contributed by atoms with Crippen molar-refractivity contribution in [2.45, 2.75) is 40.5 Å². The molecule has 0 radical (unpaired) electrons. The van der Waals surface area contributed by atoms with Gasteiger partial charge in [-0.1, -0.05) is 56.5 Å². The van der Waals surface area contributed by atoms with E-state index in [1.807, 2.05) is 11.8 Å². The summed E-state index contributed by atoms with van der Waals surface area (Å²) in [5.74, 6) is -1.20. The molecule has 1 amide bonds. The molecule has 2 rings (SSSR count). The standard InChI is InChI=1S/C28H39FN4O/c1-7-11-24-14-10-13-21(4)26(24)25(12-8-2)31(9-3)16-15-22(5)27(30)32-17-19-33(20-18-32)28(34)23(6)29/h7,10-14,30H,5-6,8-9,15-20H2,1-4H3/b11-7-,25-12?,30-27?. The lowest BCUT2D eigenvalue weighted by atomic mass is 9.96. The lowest BCUT2D eigenvalue weighted by Gasteiger charge is -2.36. The van der Waals surface area contributed by atoms with Gasteiger partial charge < -0.3 is 14.7 Å². The monoisotopic (exact) mass is 466 g/mol. The average molecular weight is 467 g/mol. The number of halogens is 1. The molecular formula is C28H39FN4O. The first-order chi connectivity index (χ1) is 16.2. The molecule has 1 heterocycles. The molecule has 0 saturated carbocycles. The van der Waals surface area contributed by atoms with E-state index in [0.717, 1.165) is 25.1 Å². The molecule has 0 aromatic heterocycles. The van der Waals surface area contributed by atoms with Gasteiger partial charge in [0.05, 0.1) is 0 Å². The normalized spacial score (nSPS) is 14.4. The highest BCUT2D eigenvalue weighted by Gasteiger charge is 2.25. The highest BCUT2D eigenvalue weighted by atomic mass is 19.1. The van der Waals surface area contributed by atoms with Gasteiger partial charge in [-0.15, -0.1) is 0 Å². The molecule has 0 aliphatic carbocycles. The minimum absolute atomic E-state index is 0.378. The van der Waals surface area contributed by atoms with Crippen LogP contribution in [0.15, 0.2) is 54.9 Å². The Balaban J connectivity index is 2.08. The van der Waals surface area contributed by atoms with Crippen molar-refractivity contribution < 1.29 is 9.18 Å². The summed E-state index contributed by atoms with van der Waals surface area (Å²) in [5.41, 5.74) is 5.68. The van der Waals surface area contributed by atoms with Crippen molar-refractivity contribution in [3.63, 3.8) is 0 Å². The molecule has 6 heteroatoms. The van der Waals surface area contributed by atoms with Gasteiger partial charge in [0.1, 0.15) is 5.84 Å². The highest BCUT2D eigenvalue weighted by molar-refractivity contribution is 5.95. The van der Waals surface area contributed by atoms with E-state index in [1.54, 1.807) is 0 Å². The molecule has 1 aromatic rings. The molecular weight excluding hydrogens is 427 g/mol. The first kappa shape index (κ1) is 27.1. The molecule has 0 unspecified atom stereocenters. The molecule has 1 fully saturated rings. The van der Waals surface area contributed by atoms with Gasteiger partial charge >= 0.3 is 0 Å². The van der Waals surface area contributed by atoms with E-state index >= 15 is 0 Å². The Labute approximate surface area is 204 Å². The van der Waals surface area contributed by atoms with E-state index in [-0.39, 0.29) is 0 Å². The maximum Gasteiger partial charge on any atom is 0.282 e. The Morgan fingerprint density at radius 1 is 1.18 bits per heavy atom. The van der Waals surface area contributed by atoms with Crippen molar-refractivity contribution in [3.8, 4) is 0 Å². The van der Waals surface area contributed by atoms with E-state index in [2.05, 4.69) is 75.3 Å². The number of nitrogens with one attached hydrogen (secondary N) is 1. The molecule has 1 N–H and O–H groups in total. The highest BCUT2D eigenvalue weighted by Crippen LogP contribution is 2.29. The molecule has 184 valence electrons. The summed E-state index contributed by atoms with van der Waals surface area (Å²) in [6.45, 7) is 19.1. The van der Waals surface area contributed by atoms with Crippen molar-refractivity contribution in [1.29, 1.82) is 5.41 Å². The van der Waals surface area contributed by atoms with E-state index in [9.17, 15) is 9.18 Å². The lowest BCUT2D eigenvalue weighted by molar-refractivity contribution is -0.129. The van der Waals surface area contributed by atoms with Gasteiger partial charge in [-0.2, -0.15) is 0 Å². The fraction of sp³-hybridized carbons (Fsp3) is 0.429. The van der Waals surface area contributed by atoms with Gasteiger partial charge in [0.25, 0.3) is 5.91 Å². The Morgan fingerprint density at radius 2 is 1.82 bits per heavy atom. The molecule has 0 bridgehead atoms. The third-order valence-electron chi connectivity index (χ3n) is 6.16. The number of carbonyl (C=O) groups is 1. The van der Waals surface area contributed by atoms with Gasteiger partial charge in [0, 0.05) is 50.5 Å². The van der Waals surface area contributed by atoms with Gasteiger partial charge in [0.2, 0.25) is 0 Å². The number of amidine groups is 1. The maximum atomic E-state index is 13.1. The number of nitrogens with zero attached hydrogens (tertiary/aromatic N) is 3. The number of amides is 1. The minimum atomic E-state index is -0.935.